The van der Waals surface area contributed by atoms with E-state index in [4.69, 9.17) is 5.73 Å². The molecule has 11 heavy (non-hydrogen) atoms. The molecular formula is C6H14N2O2S. The largest absolute Gasteiger partial charge is 0.329 e. The molecule has 0 spiro atoms. The van der Waals surface area contributed by atoms with E-state index in [2.05, 4.69) is 4.72 Å². The summed E-state index contributed by atoms with van der Waals surface area (Å²) in [7, 11) is -3.08. The molecule has 0 heterocycles. The van der Waals surface area contributed by atoms with E-state index in [0.29, 0.717) is 6.54 Å². The predicted octanol–water partition coefficient (Wildman–Crippen LogP) is -0.583. The van der Waals surface area contributed by atoms with Crippen molar-refractivity contribution in [2.45, 2.75) is 24.8 Å². The van der Waals surface area contributed by atoms with Crippen LogP contribution in [0.5, 0.6) is 0 Å². The Morgan fingerprint density at radius 1 is 1.55 bits per heavy atom. The maximum Gasteiger partial charge on any atom is 0.209 e. The summed E-state index contributed by atoms with van der Waals surface area (Å²) in [6.07, 6.45) is 3.98. The van der Waals surface area contributed by atoms with Crippen LogP contribution in [0.4, 0.5) is 0 Å². The molecule has 0 aromatic carbocycles. The van der Waals surface area contributed by atoms with E-state index in [1.807, 2.05) is 0 Å². The lowest BCUT2D eigenvalue weighted by Gasteiger charge is -2.40. The second-order valence-electron chi connectivity index (χ2n) is 3.21. The van der Waals surface area contributed by atoms with Crippen LogP contribution in [-0.2, 0) is 10.0 Å². The first kappa shape index (κ1) is 8.96. The van der Waals surface area contributed by atoms with E-state index in [9.17, 15) is 8.42 Å². The topological polar surface area (TPSA) is 72.2 Å². The van der Waals surface area contributed by atoms with Crippen molar-refractivity contribution in [1.82, 2.24) is 4.72 Å². The second kappa shape index (κ2) is 2.73. The van der Waals surface area contributed by atoms with E-state index in [-0.39, 0.29) is 5.54 Å². The number of rotatable bonds is 3. The van der Waals surface area contributed by atoms with Crippen molar-refractivity contribution in [3.05, 3.63) is 0 Å². The Morgan fingerprint density at radius 3 is 2.18 bits per heavy atom. The molecule has 1 aliphatic carbocycles. The summed E-state index contributed by atoms with van der Waals surface area (Å²) < 4.78 is 24.2. The van der Waals surface area contributed by atoms with Gasteiger partial charge in [0.25, 0.3) is 0 Å². The molecule has 1 fully saturated rings. The summed E-state index contributed by atoms with van der Waals surface area (Å²) >= 11 is 0. The normalized spacial score (nSPS) is 22.7. The average Bonchev–Trinajstić information content (AvgIpc) is 1.77. The smallest absolute Gasteiger partial charge is 0.209 e. The molecule has 1 rings (SSSR count). The number of hydrogen-bond acceptors (Lipinski definition) is 3. The Balaban J connectivity index is 2.59. The molecule has 3 N–H and O–H groups in total. The van der Waals surface area contributed by atoms with Crippen molar-refractivity contribution in [2.75, 3.05) is 12.8 Å². The second-order valence-corrected chi connectivity index (χ2v) is 4.96. The summed E-state index contributed by atoms with van der Waals surface area (Å²) in [6.45, 7) is 0.403. The van der Waals surface area contributed by atoms with Crippen molar-refractivity contribution in [2.24, 2.45) is 5.73 Å². The van der Waals surface area contributed by atoms with Crippen LogP contribution >= 0.6 is 0 Å². The maximum atomic E-state index is 10.8. The van der Waals surface area contributed by atoms with Gasteiger partial charge in [-0.05, 0) is 19.3 Å². The van der Waals surface area contributed by atoms with Gasteiger partial charge < -0.3 is 5.73 Å². The van der Waals surface area contributed by atoms with Gasteiger partial charge in [-0.2, -0.15) is 0 Å². The van der Waals surface area contributed by atoms with Gasteiger partial charge in [0.1, 0.15) is 0 Å². The maximum absolute atomic E-state index is 10.8. The van der Waals surface area contributed by atoms with Gasteiger partial charge in [-0.3, -0.25) is 0 Å². The first-order valence-electron chi connectivity index (χ1n) is 3.66. The summed E-state index contributed by atoms with van der Waals surface area (Å²) in [5.74, 6) is 0. The third-order valence-electron chi connectivity index (χ3n) is 2.10. The molecule has 66 valence electrons. The molecular weight excluding hydrogens is 164 g/mol. The fourth-order valence-corrected chi connectivity index (χ4v) is 2.42. The van der Waals surface area contributed by atoms with Gasteiger partial charge in [-0.15, -0.1) is 0 Å². The fraction of sp³-hybridized carbons (Fsp3) is 1.00. The molecule has 0 bridgehead atoms. The third kappa shape index (κ3) is 2.15. The highest BCUT2D eigenvalue weighted by Crippen LogP contribution is 2.30. The van der Waals surface area contributed by atoms with Crippen LogP contribution in [0.2, 0.25) is 0 Å². The molecule has 5 heteroatoms. The van der Waals surface area contributed by atoms with Crippen LogP contribution in [0.25, 0.3) is 0 Å². The van der Waals surface area contributed by atoms with Gasteiger partial charge in [0.15, 0.2) is 0 Å². The molecule has 0 unspecified atom stereocenters. The minimum atomic E-state index is -3.08. The Bertz CT molecular complexity index is 225. The summed E-state index contributed by atoms with van der Waals surface area (Å²) in [5, 5.41) is 0. The molecule has 0 aliphatic heterocycles. The van der Waals surface area contributed by atoms with Gasteiger partial charge in [0.05, 0.1) is 6.26 Å². The fourth-order valence-electron chi connectivity index (χ4n) is 1.34. The van der Waals surface area contributed by atoms with Crippen LogP contribution in [-0.4, -0.2) is 26.8 Å². The Hall–Kier alpha value is -0.130. The molecule has 1 saturated carbocycles. The van der Waals surface area contributed by atoms with Gasteiger partial charge in [-0.25, -0.2) is 13.1 Å². The van der Waals surface area contributed by atoms with E-state index in [1.54, 1.807) is 0 Å². The van der Waals surface area contributed by atoms with Crippen molar-refractivity contribution in [3.8, 4) is 0 Å². The van der Waals surface area contributed by atoms with E-state index in [0.717, 1.165) is 19.3 Å². The van der Waals surface area contributed by atoms with Crippen molar-refractivity contribution >= 4 is 10.0 Å². The Morgan fingerprint density at radius 2 is 2.09 bits per heavy atom. The lowest BCUT2D eigenvalue weighted by molar-refractivity contribution is 0.231. The molecule has 0 aromatic heterocycles. The molecule has 1 aliphatic rings. The van der Waals surface area contributed by atoms with Crippen molar-refractivity contribution in [3.63, 3.8) is 0 Å². The minimum Gasteiger partial charge on any atom is -0.329 e. The minimum absolute atomic E-state index is 0.312. The monoisotopic (exact) mass is 178 g/mol. The van der Waals surface area contributed by atoms with Crippen LogP contribution in [0, 0.1) is 0 Å². The SMILES string of the molecule is CS(=O)(=O)NC1(CN)CCC1. The zero-order valence-corrected chi connectivity index (χ0v) is 7.45. The Kier molecular flexibility index (Phi) is 2.22. The number of sulfonamides is 1. The van der Waals surface area contributed by atoms with E-state index in [1.165, 1.54) is 6.26 Å². The number of nitrogens with two attached hydrogens (primary N) is 1. The van der Waals surface area contributed by atoms with Gasteiger partial charge in [-0.1, -0.05) is 0 Å². The van der Waals surface area contributed by atoms with Crippen molar-refractivity contribution < 1.29 is 8.42 Å². The third-order valence-corrected chi connectivity index (χ3v) is 2.91. The van der Waals surface area contributed by atoms with E-state index >= 15 is 0 Å². The highest BCUT2D eigenvalue weighted by Gasteiger charge is 2.37. The quantitative estimate of drug-likeness (QED) is 0.607. The summed E-state index contributed by atoms with van der Waals surface area (Å²) in [4.78, 5) is 0. The van der Waals surface area contributed by atoms with Crippen molar-refractivity contribution in [1.29, 1.82) is 0 Å². The van der Waals surface area contributed by atoms with E-state index < -0.39 is 10.0 Å². The standard InChI is InChI=1S/C6H14N2O2S/c1-11(9,10)8-6(5-7)3-2-4-6/h8H,2-5,7H2,1H3. The van der Waals surface area contributed by atoms with Crippen LogP contribution in [0.15, 0.2) is 0 Å². The van der Waals surface area contributed by atoms with Crippen LogP contribution < -0.4 is 10.5 Å². The zero-order chi connectivity index (χ0) is 8.54. The molecule has 0 saturated heterocycles. The highest BCUT2D eigenvalue weighted by atomic mass is 32.2. The van der Waals surface area contributed by atoms with Gasteiger partial charge in [0, 0.05) is 12.1 Å². The molecule has 0 atom stereocenters. The molecule has 0 aromatic rings. The van der Waals surface area contributed by atoms with Gasteiger partial charge >= 0.3 is 0 Å². The highest BCUT2D eigenvalue weighted by molar-refractivity contribution is 7.88. The van der Waals surface area contributed by atoms with Crippen LogP contribution in [0.3, 0.4) is 0 Å². The molecule has 0 amide bonds. The lowest BCUT2D eigenvalue weighted by atomic mass is 9.78. The van der Waals surface area contributed by atoms with Crippen LogP contribution in [0.1, 0.15) is 19.3 Å². The summed E-state index contributed by atoms with van der Waals surface area (Å²) in [5.41, 5.74) is 5.14. The first-order chi connectivity index (χ1) is 4.97. The predicted molar refractivity (Wildman–Crippen MR) is 43.6 cm³/mol. The zero-order valence-electron chi connectivity index (χ0n) is 6.63. The van der Waals surface area contributed by atoms with Gasteiger partial charge in [0.2, 0.25) is 10.0 Å². The number of nitrogens with one attached hydrogen (secondary N) is 1. The number of hydrogen-bond donors (Lipinski definition) is 2. The summed E-state index contributed by atoms with van der Waals surface area (Å²) in [6, 6.07) is 0. The Labute approximate surface area is 67.2 Å². The average molecular weight is 178 g/mol. The first-order valence-corrected chi connectivity index (χ1v) is 5.56. The molecule has 0 radical (unpaired) electrons. The molecule has 4 nitrogen and oxygen atoms in total. The lowest BCUT2D eigenvalue weighted by Crippen LogP contribution is -2.57.